The van der Waals surface area contributed by atoms with Gasteiger partial charge < -0.3 is 5.32 Å². The number of anilines is 1. The SMILES string of the molecule is Cc1nn(Cc2c(Cl)cccc2Cl)c(C)c1NC(=O)c1cc([N+](=O)[O-])cc([N+](=O)[O-])c1. The van der Waals surface area contributed by atoms with Crippen LogP contribution in [0, 0.1) is 34.1 Å². The van der Waals surface area contributed by atoms with Crippen molar-refractivity contribution >= 4 is 46.2 Å². The molecule has 1 heterocycles. The van der Waals surface area contributed by atoms with E-state index < -0.39 is 27.1 Å². The van der Waals surface area contributed by atoms with E-state index in [9.17, 15) is 25.0 Å². The number of nitrogens with zero attached hydrogens (tertiary/aromatic N) is 4. The monoisotopic (exact) mass is 463 g/mol. The van der Waals surface area contributed by atoms with Crippen LogP contribution in [-0.2, 0) is 6.54 Å². The summed E-state index contributed by atoms with van der Waals surface area (Å²) in [6, 6.07) is 7.86. The molecule has 0 aliphatic heterocycles. The van der Waals surface area contributed by atoms with Crippen LogP contribution in [0.15, 0.2) is 36.4 Å². The molecule has 0 aliphatic rings. The normalized spacial score (nSPS) is 10.7. The number of carbonyl (C=O) groups is 1. The standard InChI is InChI=1S/C19H15Cl2N5O5/c1-10-18(11(2)24(23-10)9-15-16(20)4-3-5-17(15)21)22-19(27)12-6-13(25(28)29)8-14(7-12)26(30)31/h3-8H,9H2,1-2H3,(H,22,27). The molecule has 0 radical (unpaired) electrons. The molecule has 0 unspecified atom stereocenters. The molecule has 31 heavy (non-hydrogen) atoms. The molecular weight excluding hydrogens is 449 g/mol. The Hall–Kier alpha value is -3.50. The van der Waals surface area contributed by atoms with Crippen LogP contribution in [-0.4, -0.2) is 25.5 Å². The van der Waals surface area contributed by atoms with Crippen molar-refractivity contribution in [1.82, 2.24) is 9.78 Å². The minimum Gasteiger partial charge on any atom is -0.319 e. The van der Waals surface area contributed by atoms with Crippen molar-refractivity contribution in [2.45, 2.75) is 20.4 Å². The van der Waals surface area contributed by atoms with Gasteiger partial charge in [-0.2, -0.15) is 5.10 Å². The smallest absolute Gasteiger partial charge is 0.277 e. The molecular formula is C19H15Cl2N5O5. The number of benzene rings is 2. The van der Waals surface area contributed by atoms with E-state index in [1.54, 1.807) is 36.7 Å². The van der Waals surface area contributed by atoms with Gasteiger partial charge in [0, 0.05) is 27.7 Å². The van der Waals surface area contributed by atoms with E-state index >= 15 is 0 Å². The molecule has 0 fully saturated rings. The van der Waals surface area contributed by atoms with Crippen LogP contribution in [0.2, 0.25) is 10.0 Å². The predicted molar refractivity (Wildman–Crippen MR) is 115 cm³/mol. The summed E-state index contributed by atoms with van der Waals surface area (Å²) >= 11 is 12.4. The number of aromatic nitrogens is 2. The second-order valence-corrected chi connectivity index (χ2v) is 7.42. The van der Waals surface area contributed by atoms with Crippen molar-refractivity contribution in [2.75, 3.05) is 5.32 Å². The van der Waals surface area contributed by atoms with E-state index in [-0.39, 0.29) is 12.1 Å². The highest BCUT2D eigenvalue weighted by molar-refractivity contribution is 6.36. The Balaban J connectivity index is 1.93. The van der Waals surface area contributed by atoms with Crippen molar-refractivity contribution < 1.29 is 14.6 Å². The first-order valence-electron chi connectivity index (χ1n) is 8.80. The van der Waals surface area contributed by atoms with Crippen LogP contribution in [0.1, 0.15) is 27.3 Å². The summed E-state index contributed by atoms with van der Waals surface area (Å²) < 4.78 is 1.61. The summed E-state index contributed by atoms with van der Waals surface area (Å²) in [5.74, 6) is -0.742. The average molecular weight is 464 g/mol. The number of non-ortho nitro benzene ring substituents is 2. The van der Waals surface area contributed by atoms with Gasteiger partial charge in [0.1, 0.15) is 0 Å². The van der Waals surface area contributed by atoms with Gasteiger partial charge in [-0.25, -0.2) is 0 Å². The zero-order chi connectivity index (χ0) is 22.9. The van der Waals surface area contributed by atoms with Crippen LogP contribution >= 0.6 is 23.2 Å². The van der Waals surface area contributed by atoms with Gasteiger partial charge in [0.2, 0.25) is 0 Å². The molecule has 0 bridgehead atoms. The molecule has 3 aromatic rings. The lowest BCUT2D eigenvalue weighted by Crippen LogP contribution is -2.14. The van der Waals surface area contributed by atoms with E-state index in [2.05, 4.69) is 10.4 Å². The number of carbonyl (C=O) groups excluding carboxylic acids is 1. The number of hydrogen-bond acceptors (Lipinski definition) is 6. The van der Waals surface area contributed by atoms with Crippen LogP contribution in [0.25, 0.3) is 0 Å². The van der Waals surface area contributed by atoms with E-state index in [1.165, 1.54) is 0 Å². The molecule has 0 aliphatic carbocycles. The summed E-state index contributed by atoms with van der Waals surface area (Å²) in [7, 11) is 0. The maximum Gasteiger partial charge on any atom is 0.277 e. The van der Waals surface area contributed by atoms with Crippen molar-refractivity contribution in [2.24, 2.45) is 0 Å². The number of hydrogen-bond donors (Lipinski definition) is 1. The number of aryl methyl sites for hydroxylation is 1. The van der Waals surface area contributed by atoms with Crippen molar-refractivity contribution in [3.63, 3.8) is 0 Å². The van der Waals surface area contributed by atoms with Crippen molar-refractivity contribution in [1.29, 1.82) is 0 Å². The highest BCUT2D eigenvalue weighted by Crippen LogP contribution is 2.28. The molecule has 2 aromatic carbocycles. The Morgan fingerprint density at radius 2 is 1.61 bits per heavy atom. The second-order valence-electron chi connectivity index (χ2n) is 6.61. The second kappa shape index (κ2) is 8.70. The fourth-order valence-electron chi connectivity index (χ4n) is 2.99. The third kappa shape index (κ3) is 4.65. The third-order valence-electron chi connectivity index (χ3n) is 4.58. The van der Waals surface area contributed by atoms with Crippen LogP contribution in [0.4, 0.5) is 17.1 Å². The molecule has 1 aromatic heterocycles. The van der Waals surface area contributed by atoms with Crippen LogP contribution < -0.4 is 5.32 Å². The number of rotatable bonds is 6. The molecule has 160 valence electrons. The van der Waals surface area contributed by atoms with Crippen LogP contribution in [0.5, 0.6) is 0 Å². The topological polar surface area (TPSA) is 133 Å². The molecule has 12 heteroatoms. The third-order valence-corrected chi connectivity index (χ3v) is 5.28. The van der Waals surface area contributed by atoms with E-state index in [1.807, 2.05) is 0 Å². The summed E-state index contributed by atoms with van der Waals surface area (Å²) in [5, 5.41) is 30.1. The maximum absolute atomic E-state index is 12.7. The van der Waals surface area contributed by atoms with Gasteiger partial charge in [-0.1, -0.05) is 29.3 Å². The summed E-state index contributed by atoms with van der Waals surface area (Å²) in [6.45, 7) is 3.64. The first-order valence-corrected chi connectivity index (χ1v) is 9.56. The number of halogens is 2. The fourth-order valence-corrected chi connectivity index (χ4v) is 3.50. The average Bonchev–Trinajstić information content (AvgIpc) is 2.97. The minimum absolute atomic E-state index is 0.221. The van der Waals surface area contributed by atoms with Gasteiger partial charge in [-0.3, -0.25) is 29.7 Å². The molecule has 1 N–H and O–H groups in total. The molecule has 0 spiro atoms. The number of nitro groups is 2. The minimum atomic E-state index is -0.800. The quantitative estimate of drug-likeness (QED) is 0.407. The van der Waals surface area contributed by atoms with Gasteiger partial charge in [-0.15, -0.1) is 0 Å². The molecule has 0 atom stereocenters. The lowest BCUT2D eigenvalue weighted by Gasteiger charge is -2.10. The lowest BCUT2D eigenvalue weighted by molar-refractivity contribution is -0.394. The van der Waals surface area contributed by atoms with Gasteiger partial charge in [-0.05, 0) is 26.0 Å². The Kier molecular flexibility index (Phi) is 6.23. The summed E-state index contributed by atoms with van der Waals surface area (Å²) in [6.07, 6.45) is 0. The van der Waals surface area contributed by atoms with Crippen molar-refractivity contribution in [3.05, 3.63) is 89.2 Å². The van der Waals surface area contributed by atoms with Crippen LogP contribution in [0.3, 0.4) is 0 Å². The molecule has 0 saturated carbocycles. The van der Waals surface area contributed by atoms with Gasteiger partial charge in [0.25, 0.3) is 17.3 Å². The Labute approximate surface area is 185 Å². The van der Waals surface area contributed by atoms with E-state index in [0.717, 1.165) is 18.2 Å². The largest absolute Gasteiger partial charge is 0.319 e. The summed E-state index contributed by atoms with van der Waals surface area (Å²) in [5.41, 5.74) is 0.761. The molecule has 0 saturated heterocycles. The fraction of sp³-hybridized carbons (Fsp3) is 0.158. The zero-order valence-corrected chi connectivity index (χ0v) is 17.8. The first-order chi connectivity index (χ1) is 14.6. The van der Waals surface area contributed by atoms with Crippen molar-refractivity contribution in [3.8, 4) is 0 Å². The zero-order valence-electron chi connectivity index (χ0n) is 16.3. The number of amides is 1. The Morgan fingerprint density at radius 1 is 1.06 bits per heavy atom. The first kappa shape index (κ1) is 22.2. The van der Waals surface area contributed by atoms with E-state index in [4.69, 9.17) is 23.2 Å². The summed E-state index contributed by atoms with van der Waals surface area (Å²) in [4.78, 5) is 33.2. The molecule has 10 nitrogen and oxygen atoms in total. The number of nitrogens with one attached hydrogen (secondary N) is 1. The van der Waals surface area contributed by atoms with Gasteiger partial charge >= 0.3 is 0 Å². The predicted octanol–water partition coefficient (Wildman–Crippen LogP) is 4.92. The molecule has 3 rings (SSSR count). The maximum atomic E-state index is 12.7. The number of nitro benzene ring substituents is 2. The highest BCUT2D eigenvalue weighted by Gasteiger charge is 2.22. The van der Waals surface area contributed by atoms with Gasteiger partial charge in [0.15, 0.2) is 0 Å². The Bertz CT molecular complexity index is 1170. The Morgan fingerprint density at radius 3 is 2.13 bits per heavy atom. The highest BCUT2D eigenvalue weighted by atomic mass is 35.5. The van der Waals surface area contributed by atoms with Gasteiger partial charge in [0.05, 0.1) is 45.1 Å². The van der Waals surface area contributed by atoms with E-state index in [0.29, 0.717) is 32.7 Å². The lowest BCUT2D eigenvalue weighted by atomic mass is 10.1. The molecule has 1 amide bonds.